The van der Waals surface area contributed by atoms with Crippen LogP contribution in [0, 0.1) is 5.92 Å². The molecule has 5 rings (SSSR count). The Bertz CT molecular complexity index is 1090. The fraction of sp³-hybridized carbons (Fsp3) is 0.520. The molecule has 4 amide bonds. The molecule has 1 unspecified atom stereocenters. The molecule has 3 aliphatic rings. The second-order valence-electron chi connectivity index (χ2n) is 9.70. The molecular formula is C25H31N5O3. The summed E-state index contributed by atoms with van der Waals surface area (Å²) >= 11 is 0. The quantitative estimate of drug-likeness (QED) is 0.726. The van der Waals surface area contributed by atoms with Crippen LogP contribution in [0.5, 0.6) is 0 Å². The average molecular weight is 450 g/mol. The van der Waals surface area contributed by atoms with Gasteiger partial charge in [-0.25, -0.2) is 4.79 Å². The number of piperidine rings is 1. The van der Waals surface area contributed by atoms with Gasteiger partial charge in [0.15, 0.2) is 0 Å². The Kier molecular flexibility index (Phi) is 5.26. The molecule has 2 aliphatic heterocycles. The minimum absolute atomic E-state index is 0.00971. The third kappa shape index (κ3) is 3.52. The van der Waals surface area contributed by atoms with Crippen molar-refractivity contribution < 1.29 is 14.4 Å². The largest absolute Gasteiger partial charge is 0.337 e. The van der Waals surface area contributed by atoms with Gasteiger partial charge in [0, 0.05) is 26.2 Å². The highest BCUT2D eigenvalue weighted by Crippen LogP contribution is 2.36. The maximum atomic E-state index is 13.5. The van der Waals surface area contributed by atoms with E-state index in [9.17, 15) is 14.4 Å². The fourth-order valence-corrected chi connectivity index (χ4v) is 5.73. The number of imide groups is 1. The van der Waals surface area contributed by atoms with Gasteiger partial charge in [-0.05, 0) is 62.1 Å². The zero-order valence-corrected chi connectivity index (χ0v) is 19.5. The smallest absolute Gasteiger partial charge is 0.325 e. The number of hydrogen-bond acceptors (Lipinski definition) is 4. The van der Waals surface area contributed by atoms with E-state index in [1.165, 1.54) is 16.0 Å². The minimum atomic E-state index is -0.928. The van der Waals surface area contributed by atoms with E-state index in [-0.39, 0.29) is 29.8 Å². The minimum Gasteiger partial charge on any atom is -0.337 e. The van der Waals surface area contributed by atoms with Gasteiger partial charge in [-0.2, -0.15) is 5.10 Å². The summed E-state index contributed by atoms with van der Waals surface area (Å²) in [6, 6.07) is 9.59. The second kappa shape index (κ2) is 8.01. The highest BCUT2D eigenvalue weighted by molar-refractivity contribution is 6.07. The lowest BCUT2D eigenvalue weighted by Gasteiger charge is -2.39. The molecule has 8 heteroatoms. The predicted octanol–water partition coefficient (Wildman–Crippen LogP) is 2.31. The maximum absolute atomic E-state index is 13.5. The zero-order chi connectivity index (χ0) is 23.3. The highest BCUT2D eigenvalue weighted by atomic mass is 16.2. The second-order valence-corrected chi connectivity index (χ2v) is 9.70. The number of fused-ring (bicyclic) bond motifs is 1. The van der Waals surface area contributed by atoms with E-state index in [1.54, 1.807) is 11.7 Å². The van der Waals surface area contributed by atoms with E-state index in [1.807, 2.05) is 36.9 Å². The molecule has 0 spiro atoms. The van der Waals surface area contributed by atoms with Crippen LogP contribution >= 0.6 is 0 Å². The number of likely N-dealkylation sites (tertiary alicyclic amines) is 1. The monoisotopic (exact) mass is 449 g/mol. The Labute approximate surface area is 193 Å². The van der Waals surface area contributed by atoms with E-state index in [4.69, 9.17) is 0 Å². The zero-order valence-electron chi connectivity index (χ0n) is 19.5. The summed E-state index contributed by atoms with van der Waals surface area (Å²) in [5.74, 6) is -0.167. The van der Waals surface area contributed by atoms with Crippen LogP contribution in [-0.2, 0) is 31.1 Å². The number of rotatable bonds is 4. The number of hydrogen-bond donors (Lipinski definition) is 1. The van der Waals surface area contributed by atoms with Crippen LogP contribution in [0.1, 0.15) is 54.0 Å². The topological polar surface area (TPSA) is 87.5 Å². The predicted molar refractivity (Wildman–Crippen MR) is 123 cm³/mol. The molecule has 0 radical (unpaired) electrons. The first-order valence-electron chi connectivity index (χ1n) is 11.9. The molecule has 33 heavy (non-hydrogen) atoms. The van der Waals surface area contributed by atoms with E-state index in [2.05, 4.69) is 22.5 Å². The molecule has 2 fully saturated rings. The van der Waals surface area contributed by atoms with Crippen LogP contribution < -0.4 is 5.32 Å². The third-order valence-corrected chi connectivity index (χ3v) is 7.75. The molecule has 2 aromatic rings. The van der Waals surface area contributed by atoms with Crippen molar-refractivity contribution in [3.63, 3.8) is 0 Å². The Morgan fingerprint density at radius 3 is 2.36 bits per heavy atom. The number of nitrogens with zero attached hydrogens (tertiary/aromatic N) is 4. The summed E-state index contributed by atoms with van der Waals surface area (Å²) in [7, 11) is 1.79. The Balaban J connectivity index is 1.26. The molecule has 0 bridgehead atoms. The molecule has 1 aromatic carbocycles. The summed E-state index contributed by atoms with van der Waals surface area (Å²) in [6.45, 7) is 4.99. The lowest BCUT2D eigenvalue weighted by molar-refractivity contribution is -0.134. The van der Waals surface area contributed by atoms with Gasteiger partial charge < -0.3 is 10.2 Å². The lowest BCUT2D eigenvalue weighted by atomic mass is 9.78. The van der Waals surface area contributed by atoms with Gasteiger partial charge in [-0.1, -0.05) is 31.2 Å². The van der Waals surface area contributed by atoms with Crippen molar-refractivity contribution in [1.29, 1.82) is 0 Å². The van der Waals surface area contributed by atoms with Crippen LogP contribution in [0.25, 0.3) is 0 Å². The SMILES string of the molecule is CCc1cc(C(=O)N2CCC(C3(C)NC(=O)N(C4Cc5ccccc5C4)C3=O)CC2)n(C)n1. The first kappa shape index (κ1) is 21.7. The standard InChI is InChI=1S/C25H31N5O3/c1-4-19-15-21(28(3)27-19)22(31)29-11-9-18(10-12-29)25(2)23(32)30(24(33)26-25)20-13-16-7-5-6-8-17(16)14-20/h5-8,15,18,20H,4,9-14H2,1-3H3,(H,26,33). The number of carbonyl (C=O) groups excluding carboxylic acids is 3. The van der Waals surface area contributed by atoms with Gasteiger partial charge in [0.05, 0.1) is 5.69 Å². The van der Waals surface area contributed by atoms with Gasteiger partial charge in [-0.15, -0.1) is 0 Å². The molecule has 1 aromatic heterocycles. The Morgan fingerprint density at radius 2 is 1.79 bits per heavy atom. The molecule has 1 atom stereocenters. The Morgan fingerprint density at radius 1 is 1.15 bits per heavy atom. The van der Waals surface area contributed by atoms with Crippen molar-refractivity contribution in [2.45, 2.75) is 57.5 Å². The maximum Gasteiger partial charge on any atom is 0.325 e. The van der Waals surface area contributed by atoms with Crippen molar-refractivity contribution in [2.75, 3.05) is 13.1 Å². The number of aromatic nitrogens is 2. The number of carbonyl (C=O) groups is 3. The molecule has 174 valence electrons. The van der Waals surface area contributed by atoms with Crippen molar-refractivity contribution in [3.8, 4) is 0 Å². The number of amides is 4. The van der Waals surface area contributed by atoms with Gasteiger partial charge in [-0.3, -0.25) is 19.2 Å². The van der Waals surface area contributed by atoms with E-state index in [0.29, 0.717) is 44.5 Å². The summed E-state index contributed by atoms with van der Waals surface area (Å²) in [5, 5.41) is 7.40. The summed E-state index contributed by atoms with van der Waals surface area (Å²) in [4.78, 5) is 42.8. The van der Waals surface area contributed by atoms with Crippen LogP contribution in [0.4, 0.5) is 4.79 Å². The molecule has 3 heterocycles. The number of benzene rings is 1. The first-order chi connectivity index (χ1) is 15.8. The highest BCUT2D eigenvalue weighted by Gasteiger charge is 2.55. The normalized spacial score (nSPS) is 23.8. The van der Waals surface area contributed by atoms with Crippen molar-refractivity contribution in [1.82, 2.24) is 24.9 Å². The first-order valence-corrected chi connectivity index (χ1v) is 11.9. The van der Waals surface area contributed by atoms with Crippen LogP contribution in [0.15, 0.2) is 30.3 Å². The summed E-state index contributed by atoms with van der Waals surface area (Å²) in [5.41, 5.74) is 2.99. The summed E-state index contributed by atoms with van der Waals surface area (Å²) < 4.78 is 1.65. The van der Waals surface area contributed by atoms with Crippen molar-refractivity contribution in [3.05, 3.63) is 52.8 Å². The number of nitrogens with one attached hydrogen (secondary N) is 1. The van der Waals surface area contributed by atoms with Crippen LogP contribution in [-0.4, -0.2) is 62.1 Å². The molecule has 1 aliphatic carbocycles. The van der Waals surface area contributed by atoms with Gasteiger partial charge in [0.2, 0.25) is 0 Å². The molecular weight excluding hydrogens is 418 g/mol. The molecule has 1 N–H and O–H groups in total. The van der Waals surface area contributed by atoms with Crippen molar-refractivity contribution >= 4 is 17.8 Å². The van der Waals surface area contributed by atoms with Crippen LogP contribution in [0.3, 0.4) is 0 Å². The van der Waals surface area contributed by atoms with Gasteiger partial charge in [0.25, 0.3) is 11.8 Å². The summed E-state index contributed by atoms with van der Waals surface area (Å²) in [6.07, 6.45) is 3.55. The number of aryl methyl sites for hydroxylation is 2. The third-order valence-electron chi connectivity index (χ3n) is 7.75. The fourth-order valence-electron chi connectivity index (χ4n) is 5.73. The van der Waals surface area contributed by atoms with E-state index in [0.717, 1.165) is 12.1 Å². The lowest BCUT2D eigenvalue weighted by Crippen LogP contribution is -2.55. The molecule has 2 saturated heterocycles. The number of urea groups is 1. The Hall–Kier alpha value is -3.16. The van der Waals surface area contributed by atoms with E-state index < -0.39 is 5.54 Å². The molecule has 8 nitrogen and oxygen atoms in total. The molecule has 0 saturated carbocycles. The van der Waals surface area contributed by atoms with E-state index >= 15 is 0 Å². The van der Waals surface area contributed by atoms with Gasteiger partial charge >= 0.3 is 6.03 Å². The van der Waals surface area contributed by atoms with Crippen molar-refractivity contribution in [2.24, 2.45) is 13.0 Å². The van der Waals surface area contributed by atoms with Crippen LogP contribution in [0.2, 0.25) is 0 Å². The van der Waals surface area contributed by atoms with Gasteiger partial charge in [0.1, 0.15) is 11.2 Å². The average Bonchev–Trinajstić information content (AvgIpc) is 3.47.